The number of aromatic hydroxyl groups is 1. The minimum atomic E-state index is -1.18. The van der Waals surface area contributed by atoms with Crippen LogP contribution in [0.3, 0.4) is 0 Å². The maximum absolute atomic E-state index is 13.9. The van der Waals surface area contributed by atoms with Crippen LogP contribution in [0.2, 0.25) is 0 Å². The van der Waals surface area contributed by atoms with Crippen LogP contribution in [-0.4, -0.2) is 45.6 Å². The highest BCUT2D eigenvalue weighted by atomic mass is 16.6. The van der Waals surface area contributed by atoms with Crippen molar-refractivity contribution in [1.29, 1.82) is 0 Å². The van der Waals surface area contributed by atoms with Crippen molar-refractivity contribution in [2.45, 2.75) is 77.6 Å². The molecule has 0 radical (unpaired) electrons. The molecular formula is C29H37N3O5. The first-order chi connectivity index (χ1) is 17.4. The summed E-state index contributed by atoms with van der Waals surface area (Å²) in [5.74, 6) is -1.10. The van der Waals surface area contributed by atoms with Gasteiger partial charge in [0.25, 0.3) is 5.91 Å². The number of terminal acetylenes is 1. The molecule has 0 aliphatic carbocycles. The van der Waals surface area contributed by atoms with E-state index in [2.05, 4.69) is 16.7 Å². The van der Waals surface area contributed by atoms with Crippen LogP contribution in [0.1, 0.15) is 64.6 Å². The Hall–Kier alpha value is -3.99. The van der Waals surface area contributed by atoms with Crippen molar-refractivity contribution in [3.05, 3.63) is 65.7 Å². The fraction of sp³-hybridized carbons (Fsp3) is 0.414. The summed E-state index contributed by atoms with van der Waals surface area (Å²) < 4.78 is 5.38. The fourth-order valence-corrected chi connectivity index (χ4v) is 3.83. The quantitative estimate of drug-likeness (QED) is 0.328. The normalized spacial score (nSPS) is 13.4. The Morgan fingerprint density at radius 2 is 1.68 bits per heavy atom. The monoisotopic (exact) mass is 507 g/mol. The maximum atomic E-state index is 13.9. The number of carbonyl (C=O) groups is 3. The molecule has 2 aromatic rings. The Bertz CT molecular complexity index is 1090. The maximum Gasteiger partial charge on any atom is 0.408 e. The van der Waals surface area contributed by atoms with Gasteiger partial charge in [0, 0.05) is 18.5 Å². The molecule has 0 aromatic heterocycles. The number of alkyl carbamates (subject to hydrolysis) is 1. The first-order valence-corrected chi connectivity index (χ1v) is 12.4. The van der Waals surface area contributed by atoms with Crippen molar-refractivity contribution in [1.82, 2.24) is 15.5 Å². The van der Waals surface area contributed by atoms with E-state index >= 15 is 0 Å². The third kappa shape index (κ3) is 9.19. The van der Waals surface area contributed by atoms with Gasteiger partial charge in [0.15, 0.2) is 0 Å². The predicted octanol–water partition coefficient (Wildman–Crippen LogP) is 4.29. The Kier molecular flexibility index (Phi) is 10.6. The van der Waals surface area contributed by atoms with Gasteiger partial charge in [-0.3, -0.25) is 14.5 Å². The van der Waals surface area contributed by atoms with Crippen LogP contribution < -0.4 is 10.6 Å². The van der Waals surface area contributed by atoms with E-state index in [0.717, 1.165) is 23.3 Å². The van der Waals surface area contributed by atoms with E-state index in [1.807, 2.05) is 44.2 Å². The molecule has 37 heavy (non-hydrogen) atoms. The minimum Gasteiger partial charge on any atom is -0.508 e. The van der Waals surface area contributed by atoms with Gasteiger partial charge in [-0.15, -0.1) is 0 Å². The van der Waals surface area contributed by atoms with E-state index in [1.54, 1.807) is 20.8 Å². The first-order valence-electron chi connectivity index (χ1n) is 12.4. The highest BCUT2D eigenvalue weighted by Crippen LogP contribution is 2.25. The van der Waals surface area contributed by atoms with E-state index in [0.29, 0.717) is 5.56 Å². The van der Waals surface area contributed by atoms with E-state index in [4.69, 9.17) is 11.2 Å². The van der Waals surface area contributed by atoms with Gasteiger partial charge in [-0.1, -0.05) is 62.2 Å². The number of carbonyl (C=O) groups excluding carboxylic acids is 3. The molecule has 0 heterocycles. The summed E-state index contributed by atoms with van der Waals surface area (Å²) in [5, 5.41) is 15.3. The van der Waals surface area contributed by atoms with Crippen LogP contribution in [0.5, 0.6) is 5.75 Å². The van der Waals surface area contributed by atoms with Gasteiger partial charge in [0.05, 0.1) is 0 Å². The third-order valence-electron chi connectivity index (χ3n) is 5.47. The van der Waals surface area contributed by atoms with Crippen LogP contribution in [0.4, 0.5) is 4.79 Å². The van der Waals surface area contributed by atoms with Crippen LogP contribution >= 0.6 is 0 Å². The van der Waals surface area contributed by atoms with E-state index in [-0.39, 0.29) is 18.2 Å². The molecule has 0 saturated heterocycles. The number of rotatable bonds is 10. The zero-order chi connectivity index (χ0) is 27.6. The molecule has 8 nitrogen and oxygen atoms in total. The predicted molar refractivity (Wildman–Crippen MR) is 142 cm³/mol. The molecule has 3 atom stereocenters. The van der Waals surface area contributed by atoms with Crippen molar-refractivity contribution in [3.63, 3.8) is 0 Å². The Labute approximate surface area is 219 Å². The smallest absolute Gasteiger partial charge is 0.408 e. The topological polar surface area (TPSA) is 108 Å². The van der Waals surface area contributed by atoms with Crippen LogP contribution in [0.15, 0.2) is 54.6 Å². The van der Waals surface area contributed by atoms with Crippen molar-refractivity contribution >= 4 is 17.9 Å². The lowest BCUT2D eigenvalue weighted by Gasteiger charge is -2.31. The molecule has 2 rings (SSSR count). The van der Waals surface area contributed by atoms with Crippen LogP contribution in [0.25, 0.3) is 0 Å². The Balaban J connectivity index is 2.46. The molecule has 8 heteroatoms. The molecule has 3 amide bonds. The average Bonchev–Trinajstić information content (AvgIpc) is 2.82. The second-order valence-electron chi connectivity index (χ2n) is 9.92. The zero-order valence-corrected chi connectivity index (χ0v) is 22.2. The Morgan fingerprint density at radius 3 is 2.22 bits per heavy atom. The van der Waals surface area contributed by atoms with Gasteiger partial charge >= 0.3 is 6.09 Å². The molecule has 198 valence electrons. The molecule has 0 aliphatic rings. The van der Waals surface area contributed by atoms with Gasteiger partial charge < -0.3 is 20.5 Å². The molecular weight excluding hydrogens is 470 g/mol. The molecule has 3 N–H and O–H groups in total. The molecule has 2 aromatic carbocycles. The van der Waals surface area contributed by atoms with Crippen LogP contribution in [0, 0.1) is 12.5 Å². The van der Waals surface area contributed by atoms with Gasteiger partial charge in [-0.05, 0) is 57.4 Å². The molecule has 0 fully saturated rings. The lowest BCUT2D eigenvalue weighted by Crippen LogP contribution is -2.52. The van der Waals surface area contributed by atoms with E-state index in [1.165, 1.54) is 24.3 Å². The number of ether oxygens (including phenoxy) is 1. The second-order valence-corrected chi connectivity index (χ2v) is 9.92. The number of phenolic OH excluding ortho intramolecular Hbond substituents is 1. The molecule has 3 unspecified atom stereocenters. The Morgan fingerprint density at radius 1 is 1.05 bits per heavy atom. The van der Waals surface area contributed by atoms with Crippen molar-refractivity contribution in [3.8, 4) is 18.2 Å². The molecule has 0 saturated carbocycles. The average molecular weight is 508 g/mol. The van der Waals surface area contributed by atoms with Crippen LogP contribution in [-0.2, 0) is 20.7 Å². The first kappa shape index (κ1) is 29.2. The number of hydrogen-bond acceptors (Lipinski definition) is 5. The summed E-state index contributed by atoms with van der Waals surface area (Å²) >= 11 is 0. The lowest BCUT2D eigenvalue weighted by atomic mass is 10.0. The number of amides is 3. The molecule has 0 aliphatic heterocycles. The van der Waals surface area contributed by atoms with Gasteiger partial charge in [-0.2, -0.15) is 0 Å². The summed E-state index contributed by atoms with van der Waals surface area (Å²) in [5.41, 5.74) is 0.428. The highest BCUT2D eigenvalue weighted by molar-refractivity contribution is 5.93. The van der Waals surface area contributed by atoms with E-state index in [9.17, 15) is 19.5 Å². The number of hydrogen-bond donors (Lipinski definition) is 3. The summed E-state index contributed by atoms with van der Waals surface area (Å²) in [6.07, 6.45) is 6.78. The largest absolute Gasteiger partial charge is 0.508 e. The van der Waals surface area contributed by atoms with Crippen molar-refractivity contribution < 1.29 is 24.2 Å². The standard InChI is InChI=1S/C29H37N3O5/c1-7-12-20(3)30-26(34)25(22-15-17-23(33)18-16-22)32(8-2)27(35)24(19-21-13-10-9-11-14-21)31-28(36)37-29(4,5)6/h2,9-11,13-18,20,24-25,33H,7,12,19H2,1,3-6H3,(H,30,34)(H,31,36). The van der Waals surface area contributed by atoms with Crippen molar-refractivity contribution in [2.24, 2.45) is 0 Å². The molecule has 0 bridgehead atoms. The lowest BCUT2D eigenvalue weighted by molar-refractivity contribution is -0.138. The molecule has 0 spiro atoms. The van der Waals surface area contributed by atoms with Gasteiger partial charge in [-0.25, -0.2) is 4.79 Å². The zero-order valence-electron chi connectivity index (χ0n) is 22.2. The van der Waals surface area contributed by atoms with E-state index < -0.39 is 35.6 Å². The number of phenols is 1. The summed E-state index contributed by atoms with van der Waals surface area (Å²) in [6.45, 7) is 9.04. The third-order valence-corrected chi connectivity index (χ3v) is 5.47. The van der Waals surface area contributed by atoms with Crippen molar-refractivity contribution in [2.75, 3.05) is 0 Å². The summed E-state index contributed by atoms with van der Waals surface area (Å²) in [7, 11) is 0. The van der Waals surface area contributed by atoms with Gasteiger partial charge in [0.2, 0.25) is 5.91 Å². The number of benzene rings is 2. The van der Waals surface area contributed by atoms with Gasteiger partial charge in [0.1, 0.15) is 23.4 Å². The SMILES string of the molecule is C#CN(C(=O)C(Cc1ccccc1)NC(=O)OC(C)(C)C)C(C(=O)NC(C)CCC)c1ccc(O)cc1. The highest BCUT2D eigenvalue weighted by Gasteiger charge is 2.36. The fourth-order valence-electron chi connectivity index (χ4n) is 3.83. The second kappa shape index (κ2) is 13.4. The summed E-state index contributed by atoms with van der Waals surface area (Å²) in [4.78, 5) is 40.9. The summed E-state index contributed by atoms with van der Waals surface area (Å²) in [6, 6.07) is 15.0. The number of nitrogens with one attached hydrogen (secondary N) is 2. The minimum absolute atomic E-state index is 0.00869. The number of nitrogens with zero attached hydrogens (tertiary/aromatic N) is 1.